The summed E-state index contributed by atoms with van der Waals surface area (Å²) < 4.78 is 5.23. The van der Waals surface area contributed by atoms with Gasteiger partial charge in [-0.25, -0.2) is 0 Å². The molecule has 1 fully saturated rings. The lowest BCUT2D eigenvalue weighted by atomic mass is 10.1. The Morgan fingerprint density at radius 3 is 2.77 bits per heavy atom. The zero-order chi connectivity index (χ0) is 21.6. The van der Waals surface area contributed by atoms with Gasteiger partial charge in [-0.3, -0.25) is 14.6 Å². The van der Waals surface area contributed by atoms with Crippen LogP contribution >= 0.6 is 0 Å². The van der Waals surface area contributed by atoms with Crippen LogP contribution in [-0.4, -0.2) is 41.4 Å². The van der Waals surface area contributed by atoms with Crippen LogP contribution < -0.4 is 10.1 Å². The highest BCUT2D eigenvalue weighted by atomic mass is 16.5. The first kappa shape index (κ1) is 20.6. The molecule has 3 aromatic rings. The van der Waals surface area contributed by atoms with Crippen LogP contribution in [0, 0.1) is 0 Å². The third-order valence-electron chi connectivity index (χ3n) is 5.49. The molecule has 0 saturated carbocycles. The number of pyridine rings is 1. The Labute approximate surface area is 181 Å². The predicted molar refractivity (Wildman–Crippen MR) is 119 cm³/mol. The number of nitrogens with zero attached hydrogens (tertiary/aromatic N) is 2. The van der Waals surface area contributed by atoms with Crippen molar-refractivity contribution in [1.82, 2.24) is 15.2 Å². The van der Waals surface area contributed by atoms with E-state index in [9.17, 15) is 9.59 Å². The van der Waals surface area contributed by atoms with Gasteiger partial charge in [-0.05, 0) is 54.8 Å². The summed E-state index contributed by atoms with van der Waals surface area (Å²) in [5, 5.41) is 2.97. The molecule has 6 nitrogen and oxygen atoms in total. The Hall–Kier alpha value is -3.67. The smallest absolute Gasteiger partial charge is 0.254 e. The lowest BCUT2D eigenvalue weighted by Crippen LogP contribution is -2.45. The van der Waals surface area contributed by atoms with Gasteiger partial charge in [0.2, 0.25) is 5.91 Å². The highest BCUT2D eigenvalue weighted by Crippen LogP contribution is 2.23. The van der Waals surface area contributed by atoms with Crippen LogP contribution in [0.3, 0.4) is 0 Å². The zero-order valence-electron chi connectivity index (χ0n) is 17.5. The van der Waals surface area contributed by atoms with Gasteiger partial charge < -0.3 is 15.0 Å². The maximum Gasteiger partial charge on any atom is 0.254 e. The molecule has 0 spiro atoms. The molecule has 31 heavy (non-hydrogen) atoms. The minimum absolute atomic E-state index is 0.128. The number of nitrogens with one attached hydrogen (secondary N) is 1. The van der Waals surface area contributed by atoms with Crippen molar-refractivity contribution in [3.63, 3.8) is 0 Å². The standard InChI is InChI=1S/C25H25N3O3/c1-31-21-10-4-7-18(15-21)17-27-24(29)23-12-6-14-28(23)25(30)20-9-5-8-19(16-20)22-11-2-3-13-26-22/h2-5,7-11,13,15-16,23H,6,12,14,17H2,1H3,(H,27,29). The van der Waals surface area contributed by atoms with E-state index >= 15 is 0 Å². The predicted octanol–water partition coefficient (Wildman–Crippen LogP) is 3.68. The summed E-state index contributed by atoms with van der Waals surface area (Å²) >= 11 is 0. The van der Waals surface area contributed by atoms with Crippen molar-refractivity contribution >= 4 is 11.8 Å². The van der Waals surface area contributed by atoms with Gasteiger partial charge in [0.1, 0.15) is 11.8 Å². The topological polar surface area (TPSA) is 71.5 Å². The normalized spacial score (nSPS) is 15.5. The number of benzene rings is 2. The van der Waals surface area contributed by atoms with E-state index in [-0.39, 0.29) is 11.8 Å². The minimum Gasteiger partial charge on any atom is -0.497 e. The van der Waals surface area contributed by atoms with Gasteiger partial charge >= 0.3 is 0 Å². The highest BCUT2D eigenvalue weighted by Gasteiger charge is 2.34. The van der Waals surface area contributed by atoms with Crippen molar-refractivity contribution < 1.29 is 14.3 Å². The third kappa shape index (κ3) is 4.74. The number of carbonyl (C=O) groups is 2. The largest absolute Gasteiger partial charge is 0.497 e. The molecule has 2 aromatic carbocycles. The molecule has 2 amide bonds. The summed E-state index contributed by atoms with van der Waals surface area (Å²) in [5.41, 5.74) is 3.21. The molecule has 6 heteroatoms. The van der Waals surface area contributed by atoms with E-state index in [2.05, 4.69) is 10.3 Å². The second-order valence-corrected chi connectivity index (χ2v) is 7.52. The van der Waals surface area contributed by atoms with Gasteiger partial charge in [-0.1, -0.05) is 30.3 Å². The summed E-state index contributed by atoms with van der Waals surface area (Å²) in [6.07, 6.45) is 3.20. The Morgan fingerprint density at radius 1 is 1.10 bits per heavy atom. The summed E-state index contributed by atoms with van der Waals surface area (Å²) in [4.78, 5) is 32.1. The first-order chi connectivity index (χ1) is 15.2. The average Bonchev–Trinajstić information content (AvgIpc) is 3.33. The van der Waals surface area contributed by atoms with Crippen molar-refractivity contribution in [2.45, 2.75) is 25.4 Å². The molecule has 1 unspecified atom stereocenters. The number of carbonyl (C=O) groups excluding carboxylic acids is 2. The quantitative estimate of drug-likeness (QED) is 0.667. The van der Waals surface area contributed by atoms with Crippen molar-refractivity contribution in [3.8, 4) is 17.0 Å². The van der Waals surface area contributed by atoms with Crippen LogP contribution in [-0.2, 0) is 11.3 Å². The van der Waals surface area contributed by atoms with Crippen molar-refractivity contribution in [1.29, 1.82) is 0 Å². The molecule has 158 valence electrons. The van der Waals surface area contributed by atoms with Crippen LogP contribution in [0.1, 0.15) is 28.8 Å². The molecular formula is C25H25N3O3. The lowest BCUT2D eigenvalue weighted by molar-refractivity contribution is -0.125. The van der Waals surface area contributed by atoms with E-state index in [1.54, 1.807) is 24.3 Å². The lowest BCUT2D eigenvalue weighted by Gasteiger charge is -2.24. The van der Waals surface area contributed by atoms with E-state index in [4.69, 9.17) is 4.74 Å². The Balaban J connectivity index is 1.45. The van der Waals surface area contributed by atoms with E-state index in [1.807, 2.05) is 60.7 Å². The molecule has 1 aliphatic rings. The van der Waals surface area contributed by atoms with Crippen molar-refractivity contribution in [2.24, 2.45) is 0 Å². The number of aromatic nitrogens is 1. The van der Waals surface area contributed by atoms with Gasteiger partial charge in [0, 0.05) is 30.4 Å². The van der Waals surface area contributed by atoms with Crippen molar-refractivity contribution in [3.05, 3.63) is 84.1 Å². The van der Waals surface area contributed by atoms with Crippen LogP contribution in [0.2, 0.25) is 0 Å². The number of ether oxygens (including phenoxy) is 1. The molecule has 1 atom stereocenters. The summed E-state index contributed by atoms with van der Waals surface area (Å²) in [6, 6.07) is 20.2. The second-order valence-electron chi connectivity index (χ2n) is 7.52. The SMILES string of the molecule is COc1cccc(CNC(=O)C2CCCN2C(=O)c2cccc(-c3ccccn3)c2)c1. The minimum atomic E-state index is -0.461. The maximum atomic E-state index is 13.2. The Bertz CT molecular complexity index is 1070. The van der Waals surface area contributed by atoms with Crippen LogP contribution in [0.25, 0.3) is 11.3 Å². The van der Waals surface area contributed by atoms with Gasteiger partial charge in [-0.2, -0.15) is 0 Å². The molecule has 0 bridgehead atoms. The molecule has 1 aliphatic heterocycles. The third-order valence-corrected chi connectivity index (χ3v) is 5.49. The monoisotopic (exact) mass is 415 g/mol. The van der Waals surface area contributed by atoms with Crippen LogP contribution in [0.15, 0.2) is 72.9 Å². The Kier molecular flexibility index (Phi) is 6.26. The molecular weight excluding hydrogens is 390 g/mol. The summed E-state index contributed by atoms with van der Waals surface area (Å²) in [5.74, 6) is 0.489. The first-order valence-corrected chi connectivity index (χ1v) is 10.4. The molecule has 4 rings (SSSR count). The maximum absolute atomic E-state index is 13.2. The van der Waals surface area contributed by atoms with Crippen LogP contribution in [0.5, 0.6) is 5.75 Å². The highest BCUT2D eigenvalue weighted by molar-refractivity contribution is 5.98. The number of hydrogen-bond acceptors (Lipinski definition) is 4. The summed E-state index contributed by atoms with van der Waals surface area (Å²) in [6.45, 7) is 0.966. The van der Waals surface area contributed by atoms with E-state index < -0.39 is 6.04 Å². The average molecular weight is 415 g/mol. The fraction of sp³-hybridized carbons (Fsp3) is 0.240. The fourth-order valence-corrected chi connectivity index (χ4v) is 3.88. The zero-order valence-corrected chi connectivity index (χ0v) is 17.5. The van der Waals surface area contributed by atoms with Gasteiger partial charge in [0.05, 0.1) is 12.8 Å². The summed E-state index contributed by atoms with van der Waals surface area (Å²) in [7, 11) is 1.61. The van der Waals surface area contributed by atoms with E-state index in [1.165, 1.54) is 0 Å². The van der Waals surface area contributed by atoms with Crippen molar-refractivity contribution in [2.75, 3.05) is 13.7 Å². The number of methoxy groups -OCH3 is 1. The van der Waals surface area contributed by atoms with E-state index in [0.717, 1.165) is 29.0 Å². The molecule has 1 saturated heterocycles. The fourth-order valence-electron chi connectivity index (χ4n) is 3.88. The van der Waals surface area contributed by atoms with Crippen LogP contribution in [0.4, 0.5) is 0 Å². The molecule has 2 heterocycles. The Morgan fingerprint density at radius 2 is 1.97 bits per heavy atom. The first-order valence-electron chi connectivity index (χ1n) is 10.4. The molecule has 1 N–H and O–H groups in total. The van der Waals surface area contributed by atoms with Gasteiger partial charge in [0.25, 0.3) is 5.91 Å². The number of amides is 2. The van der Waals surface area contributed by atoms with E-state index in [0.29, 0.717) is 25.1 Å². The number of likely N-dealkylation sites (tertiary alicyclic amines) is 1. The number of hydrogen-bond donors (Lipinski definition) is 1. The molecule has 0 aliphatic carbocycles. The van der Waals surface area contributed by atoms with Gasteiger partial charge in [0.15, 0.2) is 0 Å². The molecule has 1 aromatic heterocycles. The molecule has 0 radical (unpaired) electrons. The number of rotatable bonds is 6. The van der Waals surface area contributed by atoms with Gasteiger partial charge in [-0.15, -0.1) is 0 Å². The second kappa shape index (κ2) is 9.43.